The summed E-state index contributed by atoms with van der Waals surface area (Å²) in [6, 6.07) is 0.729. The van der Waals surface area contributed by atoms with E-state index in [4.69, 9.17) is 5.73 Å². The highest BCUT2D eigenvalue weighted by Gasteiger charge is 2.30. The van der Waals surface area contributed by atoms with Crippen LogP contribution in [0.2, 0.25) is 0 Å². The standard InChI is InChI=1S/C12H27N3/c1-5-12(2,10-13)15(4)9-11-7-6-8-14(11)3/h11H,5-10,13H2,1-4H3. The fourth-order valence-electron chi connectivity index (χ4n) is 2.32. The summed E-state index contributed by atoms with van der Waals surface area (Å²) in [6.45, 7) is 7.64. The number of nitrogens with two attached hydrogens (primary N) is 1. The fraction of sp³-hybridized carbons (Fsp3) is 1.00. The van der Waals surface area contributed by atoms with Crippen LogP contribution in [0.3, 0.4) is 0 Å². The maximum Gasteiger partial charge on any atom is 0.0298 e. The Labute approximate surface area is 94.6 Å². The molecule has 15 heavy (non-hydrogen) atoms. The van der Waals surface area contributed by atoms with Crippen LogP contribution < -0.4 is 5.73 Å². The van der Waals surface area contributed by atoms with Crippen LogP contribution in [-0.4, -0.2) is 55.1 Å². The van der Waals surface area contributed by atoms with Gasteiger partial charge in [-0.1, -0.05) is 6.92 Å². The van der Waals surface area contributed by atoms with Crippen molar-refractivity contribution in [1.82, 2.24) is 9.80 Å². The van der Waals surface area contributed by atoms with Crippen molar-refractivity contribution >= 4 is 0 Å². The molecule has 0 aromatic carbocycles. The predicted octanol–water partition coefficient (Wildman–Crippen LogP) is 1.14. The van der Waals surface area contributed by atoms with Crippen LogP contribution in [0.25, 0.3) is 0 Å². The Hall–Kier alpha value is -0.120. The highest BCUT2D eigenvalue weighted by Crippen LogP contribution is 2.21. The van der Waals surface area contributed by atoms with Gasteiger partial charge in [-0.2, -0.15) is 0 Å². The quantitative estimate of drug-likeness (QED) is 0.743. The van der Waals surface area contributed by atoms with E-state index in [1.807, 2.05) is 0 Å². The molecule has 0 aliphatic carbocycles. The van der Waals surface area contributed by atoms with Gasteiger partial charge in [-0.05, 0) is 46.8 Å². The Morgan fingerprint density at radius 2 is 2.20 bits per heavy atom. The molecule has 0 amide bonds. The zero-order valence-electron chi connectivity index (χ0n) is 10.8. The minimum absolute atomic E-state index is 0.170. The molecule has 0 aromatic rings. The molecule has 3 heteroatoms. The Morgan fingerprint density at radius 3 is 2.60 bits per heavy atom. The average Bonchev–Trinajstić information content (AvgIpc) is 2.63. The lowest BCUT2D eigenvalue weighted by molar-refractivity contribution is 0.106. The first-order valence-corrected chi connectivity index (χ1v) is 6.15. The predicted molar refractivity (Wildman–Crippen MR) is 66.0 cm³/mol. The first kappa shape index (κ1) is 12.9. The van der Waals surface area contributed by atoms with Crippen LogP contribution in [0.5, 0.6) is 0 Å². The van der Waals surface area contributed by atoms with Gasteiger partial charge in [0.05, 0.1) is 0 Å². The Bertz CT molecular complexity index is 189. The third-order valence-corrected chi connectivity index (χ3v) is 4.28. The molecule has 1 heterocycles. The molecule has 0 bridgehead atoms. The highest BCUT2D eigenvalue weighted by molar-refractivity contribution is 4.88. The zero-order chi connectivity index (χ0) is 11.5. The molecule has 2 unspecified atom stereocenters. The number of nitrogens with zero attached hydrogens (tertiary/aromatic N) is 2. The van der Waals surface area contributed by atoms with Crippen LogP contribution in [0.1, 0.15) is 33.1 Å². The smallest absolute Gasteiger partial charge is 0.0298 e. The maximum absolute atomic E-state index is 5.87. The molecule has 3 nitrogen and oxygen atoms in total. The monoisotopic (exact) mass is 213 g/mol. The number of hydrogen-bond donors (Lipinski definition) is 1. The van der Waals surface area contributed by atoms with Crippen molar-refractivity contribution in [2.24, 2.45) is 5.73 Å². The topological polar surface area (TPSA) is 32.5 Å². The van der Waals surface area contributed by atoms with Gasteiger partial charge >= 0.3 is 0 Å². The summed E-state index contributed by atoms with van der Waals surface area (Å²) in [4.78, 5) is 4.92. The van der Waals surface area contributed by atoms with E-state index in [1.54, 1.807) is 0 Å². The van der Waals surface area contributed by atoms with E-state index >= 15 is 0 Å². The third kappa shape index (κ3) is 2.92. The van der Waals surface area contributed by atoms with Gasteiger partial charge in [0, 0.05) is 24.7 Å². The van der Waals surface area contributed by atoms with Crippen LogP contribution in [-0.2, 0) is 0 Å². The molecule has 90 valence electrons. The first-order valence-electron chi connectivity index (χ1n) is 6.15. The minimum atomic E-state index is 0.170. The van der Waals surface area contributed by atoms with Gasteiger partial charge in [-0.3, -0.25) is 4.90 Å². The summed E-state index contributed by atoms with van der Waals surface area (Å²) in [5, 5.41) is 0. The van der Waals surface area contributed by atoms with Crippen LogP contribution in [0.4, 0.5) is 0 Å². The Morgan fingerprint density at radius 1 is 1.53 bits per heavy atom. The van der Waals surface area contributed by atoms with Crippen molar-refractivity contribution in [2.75, 3.05) is 33.7 Å². The van der Waals surface area contributed by atoms with E-state index in [2.05, 4.69) is 37.7 Å². The van der Waals surface area contributed by atoms with E-state index in [9.17, 15) is 0 Å². The number of likely N-dealkylation sites (tertiary alicyclic amines) is 1. The average molecular weight is 213 g/mol. The van der Waals surface area contributed by atoms with Crippen molar-refractivity contribution in [3.05, 3.63) is 0 Å². The summed E-state index contributed by atoms with van der Waals surface area (Å²) in [6.07, 6.45) is 3.81. The largest absolute Gasteiger partial charge is 0.329 e. The van der Waals surface area contributed by atoms with Gasteiger partial charge < -0.3 is 10.6 Å². The molecule has 2 N–H and O–H groups in total. The molecule has 2 atom stereocenters. The molecule has 1 aliphatic rings. The van der Waals surface area contributed by atoms with Crippen LogP contribution in [0, 0.1) is 0 Å². The number of hydrogen-bond acceptors (Lipinski definition) is 3. The maximum atomic E-state index is 5.87. The van der Waals surface area contributed by atoms with Crippen LogP contribution in [0.15, 0.2) is 0 Å². The normalized spacial score (nSPS) is 27.2. The molecular weight excluding hydrogens is 186 g/mol. The lowest BCUT2D eigenvalue weighted by atomic mass is 9.96. The summed E-state index contributed by atoms with van der Waals surface area (Å²) < 4.78 is 0. The second-order valence-corrected chi connectivity index (χ2v) is 5.21. The molecule has 0 radical (unpaired) electrons. The second kappa shape index (κ2) is 5.28. The summed E-state index contributed by atoms with van der Waals surface area (Å²) in [7, 11) is 4.44. The van der Waals surface area contributed by atoms with Crippen LogP contribution >= 0.6 is 0 Å². The summed E-state index contributed by atoms with van der Waals surface area (Å²) >= 11 is 0. The summed E-state index contributed by atoms with van der Waals surface area (Å²) in [5.41, 5.74) is 6.04. The molecule has 0 spiro atoms. The van der Waals surface area contributed by atoms with Gasteiger partial charge in [0.15, 0.2) is 0 Å². The second-order valence-electron chi connectivity index (χ2n) is 5.21. The van der Waals surface area contributed by atoms with E-state index in [1.165, 1.54) is 19.4 Å². The number of likely N-dealkylation sites (N-methyl/N-ethyl adjacent to an activating group) is 2. The van der Waals surface area contributed by atoms with Gasteiger partial charge in [-0.25, -0.2) is 0 Å². The Balaban J connectivity index is 2.49. The fourth-order valence-corrected chi connectivity index (χ4v) is 2.32. The van der Waals surface area contributed by atoms with Crippen molar-refractivity contribution in [2.45, 2.75) is 44.7 Å². The minimum Gasteiger partial charge on any atom is -0.329 e. The molecule has 1 saturated heterocycles. The molecule has 0 saturated carbocycles. The SMILES string of the molecule is CCC(C)(CN)N(C)CC1CCCN1C. The molecule has 1 rings (SSSR count). The molecule has 1 fully saturated rings. The Kier molecular flexibility index (Phi) is 4.56. The van der Waals surface area contributed by atoms with E-state index in [-0.39, 0.29) is 5.54 Å². The van der Waals surface area contributed by atoms with Crippen molar-refractivity contribution in [1.29, 1.82) is 0 Å². The molecule has 0 aromatic heterocycles. The van der Waals surface area contributed by atoms with Crippen molar-refractivity contribution in [3.8, 4) is 0 Å². The summed E-state index contributed by atoms with van der Waals surface area (Å²) in [5.74, 6) is 0. The first-order chi connectivity index (χ1) is 7.03. The van der Waals surface area contributed by atoms with E-state index in [0.29, 0.717) is 0 Å². The van der Waals surface area contributed by atoms with Gasteiger partial charge in [-0.15, -0.1) is 0 Å². The van der Waals surface area contributed by atoms with Crippen molar-refractivity contribution < 1.29 is 0 Å². The molecular formula is C12H27N3. The lowest BCUT2D eigenvalue weighted by Crippen LogP contribution is -2.52. The highest BCUT2D eigenvalue weighted by atomic mass is 15.2. The van der Waals surface area contributed by atoms with Crippen molar-refractivity contribution in [3.63, 3.8) is 0 Å². The number of rotatable bonds is 5. The van der Waals surface area contributed by atoms with Gasteiger partial charge in [0.2, 0.25) is 0 Å². The molecule has 1 aliphatic heterocycles. The third-order valence-electron chi connectivity index (χ3n) is 4.28. The van der Waals surface area contributed by atoms with Gasteiger partial charge in [0.1, 0.15) is 0 Å². The lowest BCUT2D eigenvalue weighted by Gasteiger charge is -2.39. The zero-order valence-corrected chi connectivity index (χ0v) is 10.8. The van der Waals surface area contributed by atoms with Gasteiger partial charge in [0.25, 0.3) is 0 Å². The van der Waals surface area contributed by atoms with E-state index in [0.717, 1.165) is 25.6 Å². The van der Waals surface area contributed by atoms with E-state index < -0.39 is 0 Å².